The summed E-state index contributed by atoms with van der Waals surface area (Å²) < 4.78 is 17.5. The summed E-state index contributed by atoms with van der Waals surface area (Å²) in [5.41, 5.74) is 3.58. The van der Waals surface area contributed by atoms with Crippen LogP contribution < -0.4 is 4.74 Å². The van der Waals surface area contributed by atoms with Gasteiger partial charge in [-0.05, 0) is 42.9 Å². The molecule has 0 amide bonds. The van der Waals surface area contributed by atoms with E-state index in [-0.39, 0.29) is 12.0 Å². The van der Waals surface area contributed by atoms with Crippen molar-refractivity contribution in [2.45, 2.75) is 47.0 Å². The van der Waals surface area contributed by atoms with Crippen LogP contribution in [0.3, 0.4) is 0 Å². The molecule has 1 aromatic carbocycles. The maximum atomic E-state index is 12.1. The van der Waals surface area contributed by atoms with Crippen molar-refractivity contribution in [1.29, 1.82) is 0 Å². The number of alkyl halides is 1. The van der Waals surface area contributed by atoms with Crippen LogP contribution in [0.25, 0.3) is 0 Å². The first-order valence-electron chi connectivity index (χ1n) is 6.77. The molecule has 0 aliphatic rings. The van der Waals surface area contributed by atoms with Crippen LogP contribution in [0.15, 0.2) is 12.1 Å². The van der Waals surface area contributed by atoms with Crippen LogP contribution in [0, 0.1) is 13.8 Å². The molecular formula is C17H27FO3. The minimum Gasteiger partial charge on any atom is -0.490 e. The van der Waals surface area contributed by atoms with E-state index in [9.17, 15) is 4.39 Å². The third-order valence-corrected chi connectivity index (χ3v) is 2.65. The van der Waals surface area contributed by atoms with E-state index in [1.54, 1.807) is 0 Å². The summed E-state index contributed by atoms with van der Waals surface area (Å²) in [6.07, 6.45) is 0.750. The molecule has 120 valence electrons. The second-order valence-electron chi connectivity index (χ2n) is 5.46. The molecule has 0 bridgehead atoms. The zero-order valence-electron chi connectivity index (χ0n) is 14.0. The Morgan fingerprint density at radius 2 is 1.57 bits per heavy atom. The Bertz CT molecular complexity index is 400. The topological polar surface area (TPSA) is 43.4 Å². The van der Waals surface area contributed by atoms with Crippen molar-refractivity contribution in [3.63, 3.8) is 0 Å². The highest BCUT2D eigenvalue weighted by atomic mass is 19.1. The average molecular weight is 298 g/mol. The largest absolute Gasteiger partial charge is 0.490 e. The number of carbonyl (C=O) groups is 2. The Morgan fingerprint density at radius 3 is 1.86 bits per heavy atom. The van der Waals surface area contributed by atoms with Crippen molar-refractivity contribution in [3.8, 4) is 5.75 Å². The van der Waals surface area contributed by atoms with Crippen LogP contribution in [-0.4, -0.2) is 26.4 Å². The van der Waals surface area contributed by atoms with Crippen LogP contribution in [0.2, 0.25) is 0 Å². The quantitative estimate of drug-likeness (QED) is 0.793. The molecule has 0 aliphatic carbocycles. The molecule has 0 saturated carbocycles. The number of ether oxygens (including phenoxy) is 1. The molecule has 0 saturated heterocycles. The van der Waals surface area contributed by atoms with Gasteiger partial charge in [-0.2, -0.15) is 0 Å². The zero-order chi connectivity index (χ0) is 17.1. The Labute approximate surface area is 127 Å². The minimum absolute atomic E-state index is 0.133. The standard InChI is InChI=1S/C14H21FO.C2H4O.CH2O/c1-10-8-12(14(3,4)5)9-11(2)13(10)16-7-6-15;1-2-3;1-2/h8-9H,6-7H2,1-5H3;2H,1H3;1H2. The third kappa shape index (κ3) is 8.23. The van der Waals surface area contributed by atoms with E-state index in [1.165, 1.54) is 12.5 Å². The van der Waals surface area contributed by atoms with Gasteiger partial charge in [-0.3, -0.25) is 0 Å². The average Bonchev–Trinajstić information content (AvgIpc) is 2.40. The predicted molar refractivity (Wildman–Crippen MR) is 84.9 cm³/mol. The third-order valence-electron chi connectivity index (χ3n) is 2.65. The van der Waals surface area contributed by atoms with Gasteiger partial charge in [0.05, 0.1) is 0 Å². The van der Waals surface area contributed by atoms with Gasteiger partial charge in [0.1, 0.15) is 32.1 Å². The molecule has 1 rings (SSSR count). The van der Waals surface area contributed by atoms with Gasteiger partial charge < -0.3 is 14.3 Å². The number of halogens is 1. The number of hydrogen-bond acceptors (Lipinski definition) is 3. The number of aryl methyl sites for hydroxylation is 2. The van der Waals surface area contributed by atoms with Crippen LogP contribution in [0.4, 0.5) is 4.39 Å². The number of hydrogen-bond donors (Lipinski definition) is 0. The summed E-state index contributed by atoms with van der Waals surface area (Å²) >= 11 is 0. The second kappa shape index (κ2) is 11.0. The van der Waals surface area contributed by atoms with Crippen molar-refractivity contribution in [3.05, 3.63) is 28.8 Å². The zero-order valence-corrected chi connectivity index (χ0v) is 14.0. The van der Waals surface area contributed by atoms with E-state index in [4.69, 9.17) is 14.3 Å². The predicted octanol–water partition coefficient (Wildman–Crippen LogP) is 3.97. The Morgan fingerprint density at radius 1 is 1.19 bits per heavy atom. The van der Waals surface area contributed by atoms with Crippen LogP contribution in [0.5, 0.6) is 5.75 Å². The normalized spacial score (nSPS) is 9.67. The highest BCUT2D eigenvalue weighted by molar-refractivity contribution is 5.45. The summed E-state index contributed by atoms with van der Waals surface area (Å²) in [5, 5.41) is 0. The van der Waals surface area contributed by atoms with Crippen molar-refractivity contribution in [2.75, 3.05) is 13.3 Å². The maximum Gasteiger partial charge on any atom is 0.125 e. The summed E-state index contributed by atoms with van der Waals surface area (Å²) in [4.78, 5) is 16.8. The van der Waals surface area contributed by atoms with Gasteiger partial charge in [-0.1, -0.05) is 32.9 Å². The lowest BCUT2D eigenvalue weighted by Crippen LogP contribution is -2.12. The molecule has 0 spiro atoms. The lowest BCUT2D eigenvalue weighted by molar-refractivity contribution is -0.106. The van der Waals surface area contributed by atoms with Crippen LogP contribution in [-0.2, 0) is 15.0 Å². The Hall–Kier alpha value is -1.71. The Kier molecular flexibility index (Phi) is 11.3. The maximum absolute atomic E-state index is 12.1. The summed E-state index contributed by atoms with van der Waals surface area (Å²) in [6, 6.07) is 4.25. The molecule has 0 fully saturated rings. The summed E-state index contributed by atoms with van der Waals surface area (Å²) in [6.45, 7) is 13.7. The number of carbonyl (C=O) groups excluding carboxylic acids is 2. The fraction of sp³-hybridized carbons (Fsp3) is 0.529. The second-order valence-corrected chi connectivity index (χ2v) is 5.46. The number of aldehydes is 1. The van der Waals surface area contributed by atoms with Crippen molar-refractivity contribution < 1.29 is 18.7 Å². The van der Waals surface area contributed by atoms with Gasteiger partial charge in [0.25, 0.3) is 0 Å². The van der Waals surface area contributed by atoms with Crippen molar-refractivity contribution >= 4 is 13.1 Å². The van der Waals surface area contributed by atoms with E-state index < -0.39 is 6.67 Å². The lowest BCUT2D eigenvalue weighted by Gasteiger charge is -2.22. The molecule has 0 aliphatic heterocycles. The van der Waals surface area contributed by atoms with E-state index in [2.05, 4.69) is 32.9 Å². The molecule has 0 aromatic heterocycles. The molecule has 4 heteroatoms. The van der Waals surface area contributed by atoms with Gasteiger partial charge >= 0.3 is 0 Å². The molecule has 21 heavy (non-hydrogen) atoms. The van der Waals surface area contributed by atoms with Gasteiger partial charge in [0.15, 0.2) is 0 Å². The van der Waals surface area contributed by atoms with E-state index in [0.29, 0.717) is 0 Å². The highest BCUT2D eigenvalue weighted by Gasteiger charge is 2.16. The van der Waals surface area contributed by atoms with Crippen molar-refractivity contribution in [1.82, 2.24) is 0 Å². The van der Waals surface area contributed by atoms with E-state index >= 15 is 0 Å². The van der Waals surface area contributed by atoms with Gasteiger partial charge in [0.2, 0.25) is 0 Å². The van der Waals surface area contributed by atoms with E-state index in [0.717, 1.165) is 23.2 Å². The molecule has 1 aromatic rings. The minimum atomic E-state index is -0.445. The van der Waals surface area contributed by atoms with E-state index in [1.807, 2.05) is 20.6 Å². The molecule has 3 nitrogen and oxygen atoms in total. The first-order chi connectivity index (χ1) is 9.77. The van der Waals surface area contributed by atoms with Crippen molar-refractivity contribution in [2.24, 2.45) is 0 Å². The van der Waals surface area contributed by atoms with Gasteiger partial charge in [0, 0.05) is 0 Å². The molecule has 0 unspecified atom stereocenters. The first kappa shape index (κ1) is 21.6. The first-order valence-corrected chi connectivity index (χ1v) is 6.77. The fourth-order valence-corrected chi connectivity index (χ4v) is 1.75. The molecule has 0 radical (unpaired) electrons. The van der Waals surface area contributed by atoms with Crippen LogP contribution in [0.1, 0.15) is 44.4 Å². The summed E-state index contributed by atoms with van der Waals surface area (Å²) in [5.74, 6) is 0.825. The molecular weight excluding hydrogens is 271 g/mol. The SMILES string of the molecule is C=O.CC=O.Cc1cc(C(C)(C)C)cc(C)c1OCCF. The number of benzene rings is 1. The number of rotatable bonds is 3. The lowest BCUT2D eigenvalue weighted by atomic mass is 9.85. The molecule has 0 heterocycles. The summed E-state index contributed by atoms with van der Waals surface area (Å²) in [7, 11) is 0. The fourth-order valence-electron chi connectivity index (χ4n) is 1.75. The molecule has 0 N–H and O–H groups in total. The monoisotopic (exact) mass is 298 g/mol. The molecule has 0 atom stereocenters. The highest BCUT2D eigenvalue weighted by Crippen LogP contribution is 2.30. The van der Waals surface area contributed by atoms with Gasteiger partial charge in [-0.25, -0.2) is 4.39 Å². The smallest absolute Gasteiger partial charge is 0.125 e. The van der Waals surface area contributed by atoms with Gasteiger partial charge in [-0.15, -0.1) is 0 Å². The van der Waals surface area contributed by atoms with Crippen LogP contribution >= 0.6 is 0 Å². The Balaban J connectivity index is 0.